The second-order valence-electron chi connectivity index (χ2n) is 4.81. The highest BCUT2D eigenvalue weighted by molar-refractivity contribution is 5.43. The normalized spacial score (nSPS) is 12.2. The van der Waals surface area contributed by atoms with Crippen molar-refractivity contribution in [3.05, 3.63) is 23.8 Å². The highest BCUT2D eigenvalue weighted by Gasteiger charge is 2.11. The van der Waals surface area contributed by atoms with Crippen LogP contribution in [0.25, 0.3) is 0 Å². The number of rotatable bonds is 10. The molecule has 0 aliphatic rings. The van der Waals surface area contributed by atoms with Gasteiger partial charge in [0.25, 0.3) is 0 Å². The molecule has 0 fully saturated rings. The molecule has 1 atom stereocenters. The molecule has 0 heterocycles. The number of aliphatic hydroxyl groups excluding tert-OH is 2. The first-order valence-corrected chi connectivity index (χ1v) is 7.41. The van der Waals surface area contributed by atoms with Gasteiger partial charge in [0.05, 0.1) is 19.8 Å². The highest BCUT2D eigenvalue weighted by atomic mass is 16.5. The van der Waals surface area contributed by atoms with Crippen LogP contribution in [0.15, 0.2) is 18.2 Å². The largest absolute Gasteiger partial charge is 0.490 e. The molecular weight excluding hydrogens is 256 g/mol. The number of ether oxygens (including phenoxy) is 2. The summed E-state index contributed by atoms with van der Waals surface area (Å²) in [5.41, 5.74) is 0.641. The Labute approximate surface area is 121 Å². The minimum Gasteiger partial charge on any atom is -0.490 e. The van der Waals surface area contributed by atoms with Crippen molar-refractivity contribution in [1.82, 2.24) is 0 Å². The van der Waals surface area contributed by atoms with Crippen molar-refractivity contribution < 1.29 is 19.7 Å². The van der Waals surface area contributed by atoms with Gasteiger partial charge in [-0.15, -0.1) is 0 Å². The van der Waals surface area contributed by atoms with Crippen LogP contribution in [0.4, 0.5) is 0 Å². The molecule has 1 aromatic rings. The van der Waals surface area contributed by atoms with Crippen LogP contribution in [0.5, 0.6) is 11.5 Å². The molecule has 20 heavy (non-hydrogen) atoms. The lowest BCUT2D eigenvalue weighted by Crippen LogP contribution is -2.06. The third-order valence-electron chi connectivity index (χ3n) is 3.04. The smallest absolute Gasteiger partial charge is 0.161 e. The summed E-state index contributed by atoms with van der Waals surface area (Å²) < 4.78 is 11.4. The first-order valence-electron chi connectivity index (χ1n) is 7.41. The second-order valence-corrected chi connectivity index (χ2v) is 4.81. The number of benzene rings is 1. The summed E-state index contributed by atoms with van der Waals surface area (Å²) in [4.78, 5) is 0. The van der Waals surface area contributed by atoms with Gasteiger partial charge in [-0.1, -0.05) is 32.8 Å². The van der Waals surface area contributed by atoms with Crippen LogP contribution < -0.4 is 9.47 Å². The fraction of sp³-hybridized carbons (Fsp3) is 0.625. The molecule has 0 bridgehead atoms. The minimum absolute atomic E-state index is 0.301. The zero-order chi connectivity index (χ0) is 14.8. The molecule has 2 N–H and O–H groups in total. The average Bonchev–Trinajstić information content (AvgIpc) is 2.48. The lowest BCUT2D eigenvalue weighted by molar-refractivity contribution is 0.0952. The molecule has 0 radical (unpaired) electrons. The van der Waals surface area contributed by atoms with E-state index in [0.717, 1.165) is 25.7 Å². The highest BCUT2D eigenvalue weighted by Crippen LogP contribution is 2.31. The Morgan fingerprint density at radius 3 is 2.15 bits per heavy atom. The van der Waals surface area contributed by atoms with E-state index in [2.05, 4.69) is 13.8 Å². The van der Waals surface area contributed by atoms with E-state index in [-0.39, 0.29) is 6.61 Å². The van der Waals surface area contributed by atoms with Crippen molar-refractivity contribution in [3.63, 3.8) is 0 Å². The molecule has 1 unspecified atom stereocenters. The van der Waals surface area contributed by atoms with Crippen molar-refractivity contribution >= 4 is 0 Å². The lowest BCUT2D eigenvalue weighted by atomic mass is 10.1. The monoisotopic (exact) mass is 282 g/mol. The van der Waals surface area contributed by atoms with Gasteiger partial charge in [0.15, 0.2) is 11.5 Å². The molecule has 4 heteroatoms. The maximum absolute atomic E-state index is 9.68. The van der Waals surface area contributed by atoms with Gasteiger partial charge in [0, 0.05) is 0 Å². The molecule has 1 rings (SSSR count). The molecule has 114 valence electrons. The fourth-order valence-corrected chi connectivity index (χ4v) is 1.72. The van der Waals surface area contributed by atoms with Crippen molar-refractivity contribution in [2.45, 2.75) is 45.6 Å². The molecule has 1 aromatic carbocycles. The first-order chi connectivity index (χ1) is 9.72. The van der Waals surface area contributed by atoms with Crippen LogP contribution in [-0.2, 0) is 0 Å². The molecule has 0 aromatic heterocycles. The Morgan fingerprint density at radius 1 is 1.00 bits per heavy atom. The second kappa shape index (κ2) is 9.61. The van der Waals surface area contributed by atoms with Crippen LogP contribution in [0.1, 0.15) is 51.2 Å². The topological polar surface area (TPSA) is 58.9 Å². The van der Waals surface area contributed by atoms with Crippen LogP contribution in [0.2, 0.25) is 0 Å². The molecule has 0 aliphatic carbocycles. The van der Waals surface area contributed by atoms with Crippen LogP contribution in [0.3, 0.4) is 0 Å². The van der Waals surface area contributed by atoms with Crippen LogP contribution in [-0.4, -0.2) is 30.0 Å². The molecule has 0 amide bonds. The Balaban J connectivity index is 2.79. The van der Waals surface area contributed by atoms with Crippen LogP contribution >= 0.6 is 0 Å². The summed E-state index contributed by atoms with van der Waals surface area (Å²) in [6, 6.07) is 5.30. The van der Waals surface area contributed by atoms with Gasteiger partial charge < -0.3 is 19.7 Å². The van der Waals surface area contributed by atoms with E-state index < -0.39 is 6.10 Å². The zero-order valence-electron chi connectivity index (χ0n) is 12.5. The first kappa shape index (κ1) is 16.8. The van der Waals surface area contributed by atoms with Gasteiger partial charge in [-0.25, -0.2) is 0 Å². The van der Waals surface area contributed by atoms with Gasteiger partial charge in [0.1, 0.15) is 6.10 Å². The SMILES string of the molecule is CCCCOc1ccc(C(O)CO)cc1OCCCC. The standard InChI is InChI=1S/C16H26O4/c1-3-5-9-19-15-8-7-13(14(18)12-17)11-16(15)20-10-6-4-2/h7-8,11,14,17-18H,3-6,9-10,12H2,1-2H3. The maximum Gasteiger partial charge on any atom is 0.161 e. The number of hydrogen-bond donors (Lipinski definition) is 2. The fourth-order valence-electron chi connectivity index (χ4n) is 1.72. The summed E-state index contributed by atoms with van der Waals surface area (Å²) >= 11 is 0. The van der Waals surface area contributed by atoms with Gasteiger partial charge >= 0.3 is 0 Å². The van der Waals surface area contributed by atoms with E-state index >= 15 is 0 Å². The maximum atomic E-state index is 9.68. The number of unbranched alkanes of at least 4 members (excludes halogenated alkanes) is 2. The van der Waals surface area contributed by atoms with E-state index in [1.807, 2.05) is 0 Å². The molecule has 4 nitrogen and oxygen atoms in total. The molecule has 0 spiro atoms. The molecule has 0 aliphatic heterocycles. The zero-order valence-corrected chi connectivity index (χ0v) is 12.5. The third-order valence-corrected chi connectivity index (χ3v) is 3.04. The number of aliphatic hydroxyl groups is 2. The van der Waals surface area contributed by atoms with Crippen molar-refractivity contribution in [2.75, 3.05) is 19.8 Å². The van der Waals surface area contributed by atoms with E-state index in [4.69, 9.17) is 14.6 Å². The summed E-state index contributed by atoms with van der Waals surface area (Å²) in [5, 5.41) is 18.7. The van der Waals surface area contributed by atoms with Crippen molar-refractivity contribution in [1.29, 1.82) is 0 Å². The predicted molar refractivity (Wildman–Crippen MR) is 79.3 cm³/mol. The Bertz CT molecular complexity index is 379. The van der Waals surface area contributed by atoms with Gasteiger partial charge in [0.2, 0.25) is 0 Å². The average molecular weight is 282 g/mol. The van der Waals surface area contributed by atoms with E-state index in [1.54, 1.807) is 18.2 Å². The Kier molecular flexibility index (Phi) is 8.07. The van der Waals surface area contributed by atoms with Crippen molar-refractivity contribution in [2.24, 2.45) is 0 Å². The Hall–Kier alpha value is -1.26. The quantitative estimate of drug-likeness (QED) is 0.647. The predicted octanol–water partition coefficient (Wildman–Crippen LogP) is 3.07. The lowest BCUT2D eigenvalue weighted by Gasteiger charge is -2.15. The van der Waals surface area contributed by atoms with Gasteiger partial charge in [-0.05, 0) is 30.5 Å². The van der Waals surface area contributed by atoms with Crippen molar-refractivity contribution in [3.8, 4) is 11.5 Å². The summed E-state index contributed by atoms with van der Waals surface area (Å²) in [6.45, 7) is 5.20. The summed E-state index contributed by atoms with van der Waals surface area (Å²) in [6.07, 6.45) is 3.22. The molecule has 0 saturated heterocycles. The number of hydrogen-bond acceptors (Lipinski definition) is 4. The summed E-state index contributed by atoms with van der Waals surface area (Å²) in [7, 11) is 0. The molecule has 0 saturated carbocycles. The van der Waals surface area contributed by atoms with E-state index in [1.165, 1.54) is 0 Å². The van der Waals surface area contributed by atoms with Gasteiger partial charge in [-0.2, -0.15) is 0 Å². The van der Waals surface area contributed by atoms with Gasteiger partial charge in [-0.3, -0.25) is 0 Å². The van der Waals surface area contributed by atoms with E-state index in [9.17, 15) is 5.11 Å². The van der Waals surface area contributed by atoms with Crippen LogP contribution in [0, 0.1) is 0 Å². The van der Waals surface area contributed by atoms with E-state index in [0.29, 0.717) is 30.3 Å². The molecular formula is C16H26O4. The Morgan fingerprint density at radius 2 is 1.60 bits per heavy atom. The third kappa shape index (κ3) is 5.39. The minimum atomic E-state index is -0.881. The summed E-state index contributed by atoms with van der Waals surface area (Å²) in [5.74, 6) is 1.34.